The van der Waals surface area contributed by atoms with Crippen LogP contribution in [0.25, 0.3) is 0 Å². The summed E-state index contributed by atoms with van der Waals surface area (Å²) in [4.78, 5) is 15.3. The first-order valence-corrected chi connectivity index (χ1v) is 6.42. The highest BCUT2D eigenvalue weighted by Crippen LogP contribution is 2.28. The SMILES string of the molecule is CCOc1cccc(SC(C(=O)O)C(C)C)n1. The molecule has 0 radical (unpaired) electrons. The van der Waals surface area contributed by atoms with Gasteiger partial charge >= 0.3 is 5.97 Å². The van der Waals surface area contributed by atoms with Crippen molar-refractivity contribution in [2.75, 3.05) is 6.61 Å². The lowest BCUT2D eigenvalue weighted by molar-refractivity contribution is -0.137. The third kappa shape index (κ3) is 4.26. The van der Waals surface area contributed by atoms with Crippen LogP contribution < -0.4 is 4.74 Å². The molecule has 0 amide bonds. The molecule has 4 nitrogen and oxygen atoms in total. The zero-order valence-corrected chi connectivity index (χ0v) is 11.0. The predicted octanol–water partition coefficient (Wildman–Crippen LogP) is 2.68. The fraction of sp³-hybridized carbons (Fsp3) is 0.500. The summed E-state index contributed by atoms with van der Waals surface area (Å²) < 4.78 is 5.28. The van der Waals surface area contributed by atoms with Crippen LogP contribution in [0.15, 0.2) is 23.2 Å². The van der Waals surface area contributed by atoms with Crippen LogP contribution in [-0.2, 0) is 4.79 Å². The first kappa shape index (κ1) is 13.8. The van der Waals surface area contributed by atoms with Crippen LogP contribution in [-0.4, -0.2) is 27.9 Å². The molecular weight excluding hydrogens is 238 g/mol. The molecular formula is C12H17NO3S. The predicted molar refractivity (Wildman–Crippen MR) is 67.5 cm³/mol. The molecule has 0 saturated carbocycles. The maximum absolute atomic E-state index is 11.1. The second-order valence-corrected chi connectivity index (χ2v) is 5.03. The monoisotopic (exact) mass is 255 g/mol. The van der Waals surface area contributed by atoms with Crippen LogP contribution in [0.4, 0.5) is 0 Å². The summed E-state index contributed by atoms with van der Waals surface area (Å²) in [7, 11) is 0. The Morgan fingerprint density at radius 2 is 2.24 bits per heavy atom. The zero-order chi connectivity index (χ0) is 12.8. The molecule has 1 unspecified atom stereocenters. The standard InChI is InChI=1S/C12H17NO3S/c1-4-16-9-6-5-7-10(13-9)17-11(8(2)3)12(14)15/h5-8,11H,4H2,1-3H3,(H,14,15). The maximum Gasteiger partial charge on any atom is 0.317 e. The molecule has 0 aliphatic heterocycles. The van der Waals surface area contributed by atoms with E-state index in [2.05, 4.69) is 4.98 Å². The lowest BCUT2D eigenvalue weighted by Gasteiger charge is -2.15. The van der Waals surface area contributed by atoms with Gasteiger partial charge in [0, 0.05) is 6.07 Å². The second-order valence-electron chi connectivity index (χ2n) is 3.87. The topological polar surface area (TPSA) is 59.4 Å². The molecule has 0 aliphatic carbocycles. The summed E-state index contributed by atoms with van der Waals surface area (Å²) in [5.74, 6) is -0.228. The Kier molecular flexibility index (Phi) is 5.28. The molecule has 0 bridgehead atoms. The van der Waals surface area contributed by atoms with Crippen molar-refractivity contribution in [1.29, 1.82) is 0 Å². The summed E-state index contributed by atoms with van der Waals surface area (Å²) in [6.07, 6.45) is 0. The largest absolute Gasteiger partial charge is 0.480 e. The van der Waals surface area contributed by atoms with Gasteiger partial charge in [0.1, 0.15) is 10.3 Å². The third-order valence-electron chi connectivity index (χ3n) is 2.09. The second kappa shape index (κ2) is 6.49. The van der Waals surface area contributed by atoms with Gasteiger partial charge in [0.05, 0.1) is 6.61 Å². The Hall–Kier alpha value is -1.23. The number of thioether (sulfide) groups is 1. The van der Waals surface area contributed by atoms with Crippen molar-refractivity contribution in [3.05, 3.63) is 18.2 Å². The number of aliphatic carboxylic acids is 1. The van der Waals surface area contributed by atoms with E-state index in [0.717, 1.165) is 0 Å². The minimum Gasteiger partial charge on any atom is -0.480 e. The highest BCUT2D eigenvalue weighted by atomic mass is 32.2. The van der Waals surface area contributed by atoms with Crippen LogP contribution in [0.2, 0.25) is 0 Å². The molecule has 0 aromatic carbocycles. The highest BCUT2D eigenvalue weighted by Gasteiger charge is 2.23. The molecule has 1 aromatic rings. The minimum absolute atomic E-state index is 0.0510. The van der Waals surface area contributed by atoms with Crippen LogP contribution in [0.1, 0.15) is 20.8 Å². The van der Waals surface area contributed by atoms with E-state index in [-0.39, 0.29) is 5.92 Å². The van der Waals surface area contributed by atoms with E-state index >= 15 is 0 Å². The van der Waals surface area contributed by atoms with Crippen molar-refractivity contribution in [2.24, 2.45) is 5.92 Å². The molecule has 17 heavy (non-hydrogen) atoms. The number of ether oxygens (including phenoxy) is 1. The summed E-state index contributed by atoms with van der Waals surface area (Å²) >= 11 is 1.25. The molecule has 1 heterocycles. The Labute approximate surface area is 105 Å². The number of rotatable bonds is 6. The van der Waals surface area contributed by atoms with E-state index in [1.165, 1.54) is 11.8 Å². The number of hydrogen-bond donors (Lipinski definition) is 1. The van der Waals surface area contributed by atoms with Crippen molar-refractivity contribution < 1.29 is 14.6 Å². The first-order valence-electron chi connectivity index (χ1n) is 5.54. The Morgan fingerprint density at radius 1 is 1.53 bits per heavy atom. The number of carboxylic acids is 1. The number of aromatic nitrogens is 1. The minimum atomic E-state index is -0.811. The van der Waals surface area contributed by atoms with Crippen molar-refractivity contribution in [1.82, 2.24) is 4.98 Å². The average Bonchev–Trinajstić information content (AvgIpc) is 2.26. The molecule has 1 rings (SSSR count). The fourth-order valence-electron chi connectivity index (χ4n) is 1.29. The number of pyridine rings is 1. The van der Waals surface area contributed by atoms with Crippen molar-refractivity contribution in [3.63, 3.8) is 0 Å². The van der Waals surface area contributed by atoms with Gasteiger partial charge in [-0.15, -0.1) is 0 Å². The molecule has 94 valence electrons. The van der Waals surface area contributed by atoms with E-state index < -0.39 is 11.2 Å². The molecule has 1 aromatic heterocycles. The molecule has 1 N–H and O–H groups in total. The summed E-state index contributed by atoms with van der Waals surface area (Å²) in [6, 6.07) is 5.38. The van der Waals surface area contributed by atoms with E-state index in [1.807, 2.05) is 26.8 Å². The van der Waals surface area contributed by atoms with E-state index in [0.29, 0.717) is 17.5 Å². The number of carboxylic acid groups (broad SMARTS) is 1. The van der Waals surface area contributed by atoms with Gasteiger partial charge in [0.25, 0.3) is 0 Å². The van der Waals surface area contributed by atoms with Crippen LogP contribution in [0.3, 0.4) is 0 Å². The van der Waals surface area contributed by atoms with Gasteiger partial charge in [-0.1, -0.05) is 31.7 Å². The van der Waals surface area contributed by atoms with Gasteiger partial charge < -0.3 is 9.84 Å². The van der Waals surface area contributed by atoms with Crippen LogP contribution >= 0.6 is 11.8 Å². The Balaban J connectivity index is 2.78. The molecule has 5 heteroatoms. The average molecular weight is 255 g/mol. The van der Waals surface area contributed by atoms with Gasteiger partial charge in [-0.05, 0) is 18.9 Å². The molecule has 0 fully saturated rings. The molecule has 1 atom stereocenters. The number of carbonyl (C=O) groups is 1. The van der Waals surface area contributed by atoms with E-state index in [9.17, 15) is 4.79 Å². The van der Waals surface area contributed by atoms with Gasteiger partial charge in [-0.3, -0.25) is 4.79 Å². The van der Waals surface area contributed by atoms with Crippen molar-refractivity contribution in [3.8, 4) is 5.88 Å². The lowest BCUT2D eigenvalue weighted by atomic mass is 10.1. The maximum atomic E-state index is 11.1. The van der Waals surface area contributed by atoms with Crippen LogP contribution in [0, 0.1) is 5.92 Å². The van der Waals surface area contributed by atoms with Crippen molar-refractivity contribution >= 4 is 17.7 Å². The van der Waals surface area contributed by atoms with E-state index in [1.54, 1.807) is 12.1 Å². The Morgan fingerprint density at radius 3 is 2.76 bits per heavy atom. The van der Waals surface area contributed by atoms with Gasteiger partial charge in [-0.2, -0.15) is 0 Å². The normalized spacial score (nSPS) is 12.5. The molecule has 0 saturated heterocycles. The number of nitrogens with zero attached hydrogens (tertiary/aromatic N) is 1. The smallest absolute Gasteiger partial charge is 0.317 e. The zero-order valence-electron chi connectivity index (χ0n) is 10.2. The quantitative estimate of drug-likeness (QED) is 0.792. The lowest BCUT2D eigenvalue weighted by Crippen LogP contribution is -2.22. The first-order chi connectivity index (χ1) is 8.04. The van der Waals surface area contributed by atoms with E-state index in [4.69, 9.17) is 9.84 Å². The molecule has 0 spiro atoms. The van der Waals surface area contributed by atoms with Crippen LogP contribution in [0.5, 0.6) is 5.88 Å². The van der Waals surface area contributed by atoms with Crippen molar-refractivity contribution in [2.45, 2.75) is 31.0 Å². The summed E-state index contributed by atoms with van der Waals surface area (Å²) in [5, 5.41) is 9.29. The molecule has 0 aliphatic rings. The number of hydrogen-bond acceptors (Lipinski definition) is 4. The summed E-state index contributed by atoms with van der Waals surface area (Å²) in [5.41, 5.74) is 0. The van der Waals surface area contributed by atoms with Gasteiger partial charge in [0.2, 0.25) is 5.88 Å². The Bertz CT molecular complexity index is 382. The third-order valence-corrected chi connectivity index (χ3v) is 3.56. The fourth-order valence-corrected chi connectivity index (χ4v) is 2.22. The van der Waals surface area contributed by atoms with Gasteiger partial charge in [0.15, 0.2) is 0 Å². The van der Waals surface area contributed by atoms with Gasteiger partial charge in [-0.25, -0.2) is 4.98 Å². The summed E-state index contributed by atoms with van der Waals surface area (Å²) in [6.45, 7) is 6.21. The highest BCUT2D eigenvalue weighted by molar-refractivity contribution is 8.00.